The van der Waals surface area contributed by atoms with Crippen LogP contribution in [0.15, 0.2) is 12.1 Å². The number of nitrogens with two attached hydrogens (primary N) is 1. The van der Waals surface area contributed by atoms with Crippen molar-refractivity contribution in [2.24, 2.45) is 0 Å². The number of aliphatic hydroxyl groups is 2. The number of aliphatic hydroxyl groups excluding tert-OH is 2. The van der Waals surface area contributed by atoms with E-state index in [0.29, 0.717) is 0 Å². The predicted octanol–water partition coefficient (Wildman–Crippen LogP) is 1.86. The summed E-state index contributed by atoms with van der Waals surface area (Å²) in [6.45, 7) is 5.09. The van der Waals surface area contributed by atoms with Crippen molar-refractivity contribution in [2.45, 2.75) is 45.0 Å². The topological polar surface area (TPSA) is 105 Å². The average Bonchev–Trinajstić information content (AvgIpc) is 2.42. The summed E-state index contributed by atoms with van der Waals surface area (Å²) >= 11 is 0. The van der Waals surface area contributed by atoms with Crippen LogP contribution in [0.4, 0.5) is 19.3 Å². The summed E-state index contributed by atoms with van der Waals surface area (Å²) in [4.78, 5) is 11.4. The molecule has 0 aliphatic carbocycles. The Kier molecular flexibility index (Phi) is 6.28. The number of ether oxygens (including phenoxy) is 1. The molecule has 6 nitrogen and oxygen atoms in total. The van der Waals surface area contributed by atoms with E-state index in [9.17, 15) is 23.8 Å². The van der Waals surface area contributed by atoms with Gasteiger partial charge in [-0.3, -0.25) is 0 Å². The Bertz CT molecular complexity index is 561. The van der Waals surface area contributed by atoms with Crippen molar-refractivity contribution in [3.8, 4) is 0 Å². The minimum atomic E-state index is -1.65. The Morgan fingerprint density at radius 3 is 2.48 bits per heavy atom. The quantitative estimate of drug-likeness (QED) is 0.616. The van der Waals surface area contributed by atoms with Gasteiger partial charge in [0.05, 0.1) is 11.8 Å². The van der Waals surface area contributed by atoms with Gasteiger partial charge in [-0.05, 0) is 33.3 Å². The number of carbonyl (C=O) groups excluding carboxylic acids is 1. The lowest BCUT2D eigenvalue weighted by molar-refractivity contribution is 0.0101. The first-order valence-electron chi connectivity index (χ1n) is 7.09. The zero-order chi connectivity index (χ0) is 17.8. The predicted molar refractivity (Wildman–Crippen MR) is 80.6 cm³/mol. The lowest BCUT2D eigenvalue weighted by Crippen LogP contribution is -2.34. The van der Waals surface area contributed by atoms with E-state index in [4.69, 9.17) is 10.5 Å². The maximum absolute atomic E-state index is 13.7. The van der Waals surface area contributed by atoms with E-state index >= 15 is 0 Å². The Morgan fingerprint density at radius 1 is 1.30 bits per heavy atom. The first-order valence-corrected chi connectivity index (χ1v) is 7.09. The van der Waals surface area contributed by atoms with Crippen LogP contribution in [0.1, 0.15) is 38.9 Å². The van der Waals surface area contributed by atoms with Crippen molar-refractivity contribution in [1.82, 2.24) is 5.32 Å². The van der Waals surface area contributed by atoms with Gasteiger partial charge in [0.15, 0.2) is 11.6 Å². The molecule has 0 heterocycles. The van der Waals surface area contributed by atoms with E-state index in [1.165, 1.54) is 0 Å². The van der Waals surface area contributed by atoms with Crippen molar-refractivity contribution >= 4 is 11.8 Å². The van der Waals surface area contributed by atoms with Crippen LogP contribution in [0.25, 0.3) is 0 Å². The van der Waals surface area contributed by atoms with Gasteiger partial charge in [-0.2, -0.15) is 0 Å². The van der Waals surface area contributed by atoms with Gasteiger partial charge in [0, 0.05) is 12.1 Å². The van der Waals surface area contributed by atoms with E-state index in [-0.39, 0.29) is 18.7 Å². The summed E-state index contributed by atoms with van der Waals surface area (Å²) in [5, 5.41) is 22.1. The first-order chi connectivity index (χ1) is 10.5. The maximum Gasteiger partial charge on any atom is 0.407 e. The average molecular weight is 332 g/mol. The molecule has 2 atom stereocenters. The molecule has 23 heavy (non-hydrogen) atoms. The molecule has 8 heteroatoms. The minimum absolute atomic E-state index is 0.00772. The Morgan fingerprint density at radius 2 is 1.91 bits per heavy atom. The first kappa shape index (κ1) is 19.1. The zero-order valence-electron chi connectivity index (χ0n) is 13.3. The van der Waals surface area contributed by atoms with E-state index in [1.54, 1.807) is 20.8 Å². The third kappa shape index (κ3) is 5.65. The molecule has 0 bridgehead atoms. The third-order valence-electron chi connectivity index (χ3n) is 2.93. The highest BCUT2D eigenvalue weighted by atomic mass is 19.2. The number of halogens is 2. The molecule has 0 fully saturated rings. The van der Waals surface area contributed by atoms with Gasteiger partial charge in [-0.1, -0.05) is 6.07 Å². The number of nitrogen functional groups attached to an aromatic ring is 1. The number of carbonyl (C=O) groups is 1. The molecule has 0 aromatic heterocycles. The third-order valence-corrected chi connectivity index (χ3v) is 2.93. The number of hydrogen-bond donors (Lipinski definition) is 4. The second-order valence-corrected chi connectivity index (χ2v) is 6.10. The number of rotatable bonds is 5. The van der Waals surface area contributed by atoms with E-state index in [0.717, 1.165) is 12.1 Å². The highest BCUT2D eigenvalue weighted by Crippen LogP contribution is 2.26. The van der Waals surface area contributed by atoms with Crippen molar-refractivity contribution in [3.05, 3.63) is 29.3 Å². The Balaban J connectivity index is 2.57. The fourth-order valence-corrected chi connectivity index (χ4v) is 1.81. The smallest absolute Gasteiger partial charge is 0.407 e. The lowest BCUT2D eigenvalue weighted by atomic mass is 10.0. The van der Waals surface area contributed by atoms with Crippen LogP contribution < -0.4 is 11.1 Å². The molecule has 2 unspecified atom stereocenters. The molecule has 1 aromatic rings. The summed E-state index contributed by atoms with van der Waals surface area (Å²) in [6.07, 6.45) is -3.80. The Labute approximate surface area is 133 Å². The molecular formula is C15H22F2N2O4. The normalized spacial score (nSPS) is 14.2. The second-order valence-electron chi connectivity index (χ2n) is 6.10. The SMILES string of the molecule is CC(C)(C)OC(=O)NCCC(O)C(O)c1ccc(N)c(F)c1F. The van der Waals surface area contributed by atoms with Crippen molar-refractivity contribution in [2.75, 3.05) is 12.3 Å². The van der Waals surface area contributed by atoms with E-state index in [1.807, 2.05) is 0 Å². The zero-order valence-corrected chi connectivity index (χ0v) is 13.3. The number of amides is 1. The van der Waals surface area contributed by atoms with Crippen molar-refractivity contribution < 1.29 is 28.5 Å². The van der Waals surface area contributed by atoms with Crippen LogP contribution in [0.5, 0.6) is 0 Å². The molecule has 1 rings (SSSR count). The van der Waals surface area contributed by atoms with Crippen LogP contribution in [0.2, 0.25) is 0 Å². The number of anilines is 1. The number of benzene rings is 1. The summed E-state index contributed by atoms with van der Waals surface area (Å²) in [5.41, 5.74) is 3.76. The highest BCUT2D eigenvalue weighted by Gasteiger charge is 2.24. The van der Waals surface area contributed by atoms with Crippen LogP contribution in [-0.4, -0.2) is 34.6 Å². The molecule has 0 radical (unpaired) electrons. The molecular weight excluding hydrogens is 310 g/mol. The molecule has 1 aromatic carbocycles. The summed E-state index contributed by atoms with van der Waals surface area (Å²) in [6, 6.07) is 2.20. The Hall–Kier alpha value is -1.93. The minimum Gasteiger partial charge on any atom is -0.444 e. The van der Waals surface area contributed by atoms with Gasteiger partial charge in [-0.25, -0.2) is 13.6 Å². The summed E-state index contributed by atoms with van der Waals surface area (Å²) in [5.74, 6) is -2.59. The van der Waals surface area contributed by atoms with Crippen LogP contribution in [-0.2, 0) is 4.74 Å². The van der Waals surface area contributed by atoms with Gasteiger partial charge in [-0.15, -0.1) is 0 Å². The van der Waals surface area contributed by atoms with E-state index < -0.39 is 41.1 Å². The summed E-state index contributed by atoms with van der Waals surface area (Å²) < 4.78 is 32.1. The molecule has 130 valence electrons. The fraction of sp³-hybridized carbons (Fsp3) is 0.533. The van der Waals surface area contributed by atoms with E-state index in [2.05, 4.69) is 5.32 Å². The molecule has 0 aliphatic rings. The van der Waals surface area contributed by atoms with Crippen LogP contribution in [0.3, 0.4) is 0 Å². The lowest BCUT2D eigenvalue weighted by Gasteiger charge is -2.21. The number of nitrogens with one attached hydrogen (secondary N) is 1. The maximum atomic E-state index is 13.7. The monoisotopic (exact) mass is 332 g/mol. The molecule has 5 N–H and O–H groups in total. The fourth-order valence-electron chi connectivity index (χ4n) is 1.81. The molecule has 0 saturated carbocycles. The highest BCUT2D eigenvalue weighted by molar-refractivity contribution is 5.67. The van der Waals surface area contributed by atoms with Crippen molar-refractivity contribution in [1.29, 1.82) is 0 Å². The molecule has 1 amide bonds. The second kappa shape index (κ2) is 7.56. The van der Waals surface area contributed by atoms with Gasteiger partial charge >= 0.3 is 6.09 Å². The van der Waals surface area contributed by atoms with Crippen molar-refractivity contribution in [3.63, 3.8) is 0 Å². The number of alkyl carbamates (subject to hydrolysis) is 1. The summed E-state index contributed by atoms with van der Waals surface area (Å²) in [7, 11) is 0. The van der Waals surface area contributed by atoms with Gasteiger partial charge in [0.2, 0.25) is 0 Å². The molecule has 0 aliphatic heterocycles. The molecule has 0 saturated heterocycles. The van der Waals surface area contributed by atoms with Crippen LogP contribution >= 0.6 is 0 Å². The standard InChI is InChI=1S/C15H22F2N2O4/c1-15(2,3)23-14(22)19-7-6-10(20)13(21)8-4-5-9(18)12(17)11(8)16/h4-5,10,13,20-21H,6-7,18H2,1-3H3,(H,19,22). The largest absolute Gasteiger partial charge is 0.444 e. The van der Waals surface area contributed by atoms with Gasteiger partial charge in [0.1, 0.15) is 11.7 Å². The number of hydrogen-bond acceptors (Lipinski definition) is 5. The van der Waals surface area contributed by atoms with Gasteiger partial charge < -0.3 is 26.0 Å². The van der Waals surface area contributed by atoms with Gasteiger partial charge in [0.25, 0.3) is 0 Å². The molecule has 0 spiro atoms. The van der Waals surface area contributed by atoms with Crippen LogP contribution in [0, 0.1) is 11.6 Å².